The Bertz CT molecular complexity index is 425. The Hall–Kier alpha value is -1.82. The summed E-state index contributed by atoms with van der Waals surface area (Å²) in [6.07, 6.45) is 4.19. The molecule has 0 heteroatoms. The highest BCUT2D eigenvalue weighted by atomic mass is 13.9. The molecule has 0 unspecified atom stereocenters. The molecule has 0 N–H and O–H groups in total. The molecule has 0 aliphatic rings. The summed E-state index contributed by atoms with van der Waals surface area (Å²) in [6, 6.07) is 16.3. The van der Waals surface area contributed by atoms with Gasteiger partial charge >= 0.3 is 0 Å². The molecule has 0 bridgehead atoms. The zero-order valence-corrected chi connectivity index (χ0v) is 9.19. The number of benzene rings is 2. The van der Waals surface area contributed by atoms with Crippen LogP contribution in [0.5, 0.6) is 0 Å². The summed E-state index contributed by atoms with van der Waals surface area (Å²) in [5.74, 6) is 0. The second-order valence-corrected chi connectivity index (χ2v) is 3.82. The number of hydrogen-bond donors (Lipinski definition) is 0. The molecule has 2 radical (unpaired) electrons. The minimum Gasteiger partial charge on any atom is -0.0584 e. The lowest BCUT2D eigenvalue weighted by molar-refractivity contribution is 1.57. The van der Waals surface area contributed by atoms with Gasteiger partial charge in [0, 0.05) is 0 Å². The van der Waals surface area contributed by atoms with Gasteiger partial charge in [0.1, 0.15) is 0 Å². The predicted octanol–water partition coefficient (Wildman–Crippen LogP) is 4.22. The molecule has 0 nitrogen and oxygen atoms in total. The molecule has 2 aromatic rings. The number of rotatable bonds is 2. The van der Waals surface area contributed by atoms with Crippen LogP contribution in [-0.2, 0) is 0 Å². The van der Waals surface area contributed by atoms with Gasteiger partial charge in [-0.05, 0) is 36.1 Å². The van der Waals surface area contributed by atoms with Gasteiger partial charge in [0.2, 0.25) is 0 Å². The third kappa shape index (κ3) is 2.83. The third-order valence-corrected chi connectivity index (χ3v) is 2.43. The summed E-state index contributed by atoms with van der Waals surface area (Å²) in [4.78, 5) is 0. The SMILES string of the molecule is [CH2]c1ccc(/C=C/c2ccc([CH2])cc2)cc1. The maximum absolute atomic E-state index is 3.86. The van der Waals surface area contributed by atoms with Gasteiger partial charge in [-0.25, -0.2) is 0 Å². The van der Waals surface area contributed by atoms with Crippen molar-refractivity contribution in [2.24, 2.45) is 0 Å². The van der Waals surface area contributed by atoms with Gasteiger partial charge < -0.3 is 0 Å². The molecule has 2 aromatic carbocycles. The molecule has 78 valence electrons. The Balaban J connectivity index is 2.15. The van der Waals surface area contributed by atoms with Crippen LogP contribution in [0.3, 0.4) is 0 Å². The maximum Gasteiger partial charge on any atom is -0.0238 e. The molecule has 0 saturated heterocycles. The van der Waals surface area contributed by atoms with Crippen molar-refractivity contribution in [2.45, 2.75) is 0 Å². The van der Waals surface area contributed by atoms with Crippen molar-refractivity contribution < 1.29 is 0 Å². The van der Waals surface area contributed by atoms with E-state index in [-0.39, 0.29) is 0 Å². The van der Waals surface area contributed by atoms with Crippen LogP contribution < -0.4 is 0 Å². The van der Waals surface area contributed by atoms with E-state index in [9.17, 15) is 0 Å². The van der Waals surface area contributed by atoms with Crippen LogP contribution in [0.25, 0.3) is 12.2 Å². The highest BCUT2D eigenvalue weighted by molar-refractivity contribution is 5.69. The lowest BCUT2D eigenvalue weighted by atomic mass is 10.1. The van der Waals surface area contributed by atoms with Gasteiger partial charge in [-0.2, -0.15) is 0 Å². The fraction of sp³-hybridized carbons (Fsp3) is 0. The molecule has 0 fully saturated rings. The number of hydrogen-bond acceptors (Lipinski definition) is 0. The first-order valence-electron chi connectivity index (χ1n) is 5.26. The predicted molar refractivity (Wildman–Crippen MR) is 70.7 cm³/mol. The first kappa shape index (κ1) is 10.7. The Morgan fingerprint density at radius 3 is 1.19 bits per heavy atom. The molecule has 0 spiro atoms. The summed E-state index contributed by atoms with van der Waals surface area (Å²) in [5, 5.41) is 0. The zero-order valence-electron chi connectivity index (χ0n) is 9.19. The second kappa shape index (κ2) is 4.80. The van der Waals surface area contributed by atoms with Crippen LogP contribution in [0.1, 0.15) is 22.3 Å². The molecular weight excluding hydrogens is 192 g/mol. The average molecular weight is 206 g/mol. The summed E-state index contributed by atoms with van der Waals surface area (Å²) < 4.78 is 0. The van der Waals surface area contributed by atoms with E-state index in [0.29, 0.717) is 0 Å². The van der Waals surface area contributed by atoms with Crippen molar-refractivity contribution in [1.29, 1.82) is 0 Å². The fourth-order valence-electron chi connectivity index (χ4n) is 1.45. The van der Waals surface area contributed by atoms with Crippen molar-refractivity contribution in [2.75, 3.05) is 0 Å². The van der Waals surface area contributed by atoms with E-state index in [1.807, 2.05) is 24.3 Å². The summed E-state index contributed by atoms with van der Waals surface area (Å²) in [6.45, 7) is 7.72. The van der Waals surface area contributed by atoms with Crippen LogP contribution in [0.15, 0.2) is 48.5 Å². The standard InChI is InChI=1S/C16H14/c1-13-3-7-15(8-4-13)11-12-16-9-5-14(2)6-10-16/h3-12H,1-2H2/b12-11+. The van der Waals surface area contributed by atoms with E-state index < -0.39 is 0 Å². The second-order valence-electron chi connectivity index (χ2n) is 3.82. The zero-order chi connectivity index (χ0) is 11.4. The molecule has 16 heavy (non-hydrogen) atoms. The minimum absolute atomic E-state index is 1.04. The van der Waals surface area contributed by atoms with Crippen LogP contribution in [0.4, 0.5) is 0 Å². The molecule has 0 aliphatic carbocycles. The van der Waals surface area contributed by atoms with Gasteiger partial charge in [0.05, 0.1) is 0 Å². The first-order valence-corrected chi connectivity index (χ1v) is 5.26. The van der Waals surface area contributed by atoms with Gasteiger partial charge in [-0.1, -0.05) is 60.7 Å². The van der Waals surface area contributed by atoms with Crippen LogP contribution in [-0.4, -0.2) is 0 Å². The lowest BCUT2D eigenvalue weighted by Crippen LogP contribution is -1.75. The van der Waals surface area contributed by atoms with E-state index in [2.05, 4.69) is 50.3 Å². The topological polar surface area (TPSA) is 0 Å². The van der Waals surface area contributed by atoms with Crippen molar-refractivity contribution in [3.8, 4) is 0 Å². The van der Waals surface area contributed by atoms with E-state index >= 15 is 0 Å². The van der Waals surface area contributed by atoms with E-state index in [1.54, 1.807) is 0 Å². The maximum atomic E-state index is 3.86. The van der Waals surface area contributed by atoms with Crippen molar-refractivity contribution in [1.82, 2.24) is 0 Å². The van der Waals surface area contributed by atoms with Crippen LogP contribution in [0, 0.1) is 13.8 Å². The van der Waals surface area contributed by atoms with Crippen molar-refractivity contribution in [3.05, 3.63) is 84.6 Å². The molecule has 0 aliphatic heterocycles. The van der Waals surface area contributed by atoms with Gasteiger partial charge in [-0.3, -0.25) is 0 Å². The Morgan fingerprint density at radius 2 is 0.875 bits per heavy atom. The molecule has 0 atom stereocenters. The summed E-state index contributed by atoms with van der Waals surface area (Å²) >= 11 is 0. The van der Waals surface area contributed by atoms with Gasteiger partial charge in [0.25, 0.3) is 0 Å². The molecule has 0 amide bonds. The normalized spacial score (nSPS) is 10.9. The third-order valence-electron chi connectivity index (χ3n) is 2.43. The fourth-order valence-corrected chi connectivity index (χ4v) is 1.45. The van der Waals surface area contributed by atoms with E-state index in [1.165, 1.54) is 11.1 Å². The Kier molecular flexibility index (Phi) is 3.21. The molecule has 0 heterocycles. The average Bonchev–Trinajstić information content (AvgIpc) is 2.30. The molecule has 2 rings (SSSR count). The first-order chi connectivity index (χ1) is 7.74. The molecule has 0 saturated carbocycles. The quantitative estimate of drug-likeness (QED) is 0.645. The monoisotopic (exact) mass is 206 g/mol. The van der Waals surface area contributed by atoms with Crippen molar-refractivity contribution >= 4 is 12.2 Å². The minimum atomic E-state index is 1.04. The van der Waals surface area contributed by atoms with Crippen molar-refractivity contribution in [3.63, 3.8) is 0 Å². The Labute approximate surface area is 97.3 Å². The van der Waals surface area contributed by atoms with E-state index in [4.69, 9.17) is 0 Å². The smallest absolute Gasteiger partial charge is 0.0238 e. The summed E-state index contributed by atoms with van der Waals surface area (Å²) in [5.41, 5.74) is 4.45. The molecular formula is C16H14. The Morgan fingerprint density at radius 1 is 0.562 bits per heavy atom. The van der Waals surface area contributed by atoms with Gasteiger partial charge in [-0.15, -0.1) is 0 Å². The van der Waals surface area contributed by atoms with Gasteiger partial charge in [0.15, 0.2) is 0 Å². The molecule has 0 aromatic heterocycles. The summed E-state index contributed by atoms with van der Waals surface area (Å²) in [7, 11) is 0. The highest BCUT2D eigenvalue weighted by Crippen LogP contribution is 2.10. The van der Waals surface area contributed by atoms with E-state index in [0.717, 1.165) is 11.1 Å². The van der Waals surface area contributed by atoms with Crippen LogP contribution >= 0.6 is 0 Å². The lowest BCUT2D eigenvalue weighted by Gasteiger charge is -1.96. The van der Waals surface area contributed by atoms with Crippen LogP contribution in [0.2, 0.25) is 0 Å². The largest absolute Gasteiger partial charge is 0.0584 e. The highest BCUT2D eigenvalue weighted by Gasteiger charge is 1.88.